The molecule has 1 aliphatic rings. The van der Waals surface area contributed by atoms with Gasteiger partial charge in [-0.15, -0.1) is 0 Å². The second-order valence-corrected chi connectivity index (χ2v) is 5.42. The van der Waals surface area contributed by atoms with Crippen LogP contribution in [0.4, 0.5) is 0 Å². The number of hydrogen-bond donors (Lipinski definition) is 2. The van der Waals surface area contributed by atoms with E-state index >= 15 is 0 Å². The standard InChI is InChI=1S/C17H16N2O2/c20-9-3-8-19-13-5-2-1-4-12(13)16-14(19)7-6-11-10-18-17(21)15(11)16/h1-2,4-7,20H,3,8-10H2,(H,18,21). The third-order valence-electron chi connectivity index (χ3n) is 4.23. The van der Waals surface area contributed by atoms with E-state index in [1.165, 1.54) is 0 Å². The van der Waals surface area contributed by atoms with Gasteiger partial charge in [0.25, 0.3) is 5.91 Å². The number of aliphatic hydroxyl groups excluding tert-OH is 1. The van der Waals surface area contributed by atoms with E-state index in [4.69, 9.17) is 5.11 Å². The highest BCUT2D eigenvalue weighted by Crippen LogP contribution is 2.35. The topological polar surface area (TPSA) is 54.3 Å². The molecule has 0 saturated carbocycles. The molecule has 0 aliphatic carbocycles. The molecule has 3 aromatic rings. The van der Waals surface area contributed by atoms with E-state index in [1.807, 2.05) is 18.2 Å². The van der Waals surface area contributed by atoms with Gasteiger partial charge in [0.05, 0.1) is 5.56 Å². The number of fused-ring (bicyclic) bond motifs is 5. The SMILES string of the molecule is O=C1NCc2ccc3c(c21)c1ccccc1n3CCCO. The first-order valence-electron chi connectivity index (χ1n) is 7.23. The molecular formula is C17H16N2O2. The molecule has 4 rings (SSSR count). The molecule has 1 aliphatic heterocycles. The normalized spacial score (nSPS) is 13.9. The summed E-state index contributed by atoms with van der Waals surface area (Å²) in [5, 5.41) is 14.2. The molecule has 0 fully saturated rings. The van der Waals surface area contributed by atoms with Crippen LogP contribution < -0.4 is 5.32 Å². The molecule has 1 aromatic heterocycles. The monoisotopic (exact) mass is 280 g/mol. The molecule has 2 N–H and O–H groups in total. The number of aromatic nitrogens is 1. The van der Waals surface area contributed by atoms with Gasteiger partial charge < -0.3 is 15.0 Å². The van der Waals surface area contributed by atoms with Gasteiger partial charge in [-0.1, -0.05) is 24.3 Å². The van der Waals surface area contributed by atoms with E-state index in [9.17, 15) is 4.79 Å². The molecule has 21 heavy (non-hydrogen) atoms. The van der Waals surface area contributed by atoms with Crippen LogP contribution >= 0.6 is 0 Å². The van der Waals surface area contributed by atoms with Crippen molar-refractivity contribution in [2.24, 2.45) is 0 Å². The fourth-order valence-corrected chi connectivity index (χ4v) is 3.32. The number of nitrogens with one attached hydrogen (secondary N) is 1. The summed E-state index contributed by atoms with van der Waals surface area (Å²) >= 11 is 0. The lowest BCUT2D eigenvalue weighted by molar-refractivity contribution is 0.0967. The van der Waals surface area contributed by atoms with Gasteiger partial charge in [-0.05, 0) is 24.1 Å². The van der Waals surface area contributed by atoms with Crippen LogP contribution in [0, 0.1) is 0 Å². The van der Waals surface area contributed by atoms with Gasteiger partial charge in [-0.3, -0.25) is 4.79 Å². The number of para-hydroxylation sites is 1. The van der Waals surface area contributed by atoms with Crippen molar-refractivity contribution in [1.29, 1.82) is 0 Å². The van der Waals surface area contributed by atoms with Crippen molar-refractivity contribution in [2.75, 3.05) is 6.61 Å². The van der Waals surface area contributed by atoms with Crippen LogP contribution in [0.1, 0.15) is 22.3 Å². The number of aryl methyl sites for hydroxylation is 1. The van der Waals surface area contributed by atoms with Gasteiger partial charge in [0.1, 0.15) is 0 Å². The summed E-state index contributed by atoms with van der Waals surface area (Å²) in [4.78, 5) is 12.2. The Kier molecular flexibility index (Phi) is 2.72. The molecule has 4 nitrogen and oxygen atoms in total. The molecule has 106 valence electrons. The Morgan fingerprint density at radius 2 is 2.00 bits per heavy atom. The quantitative estimate of drug-likeness (QED) is 0.774. The first-order valence-corrected chi connectivity index (χ1v) is 7.23. The number of aliphatic hydroxyl groups is 1. The predicted molar refractivity (Wildman–Crippen MR) is 82.3 cm³/mol. The summed E-state index contributed by atoms with van der Waals surface area (Å²) in [5.74, 6) is 0.0145. The first-order chi connectivity index (χ1) is 10.3. The minimum Gasteiger partial charge on any atom is -0.396 e. The molecule has 0 bridgehead atoms. The third kappa shape index (κ3) is 1.69. The summed E-state index contributed by atoms with van der Waals surface area (Å²) in [6.07, 6.45) is 0.705. The minimum atomic E-state index is 0.0145. The zero-order chi connectivity index (χ0) is 14.4. The van der Waals surface area contributed by atoms with Crippen LogP contribution in [-0.4, -0.2) is 22.2 Å². The molecule has 2 heterocycles. The smallest absolute Gasteiger partial charge is 0.252 e. The van der Waals surface area contributed by atoms with Gasteiger partial charge in [-0.25, -0.2) is 0 Å². The van der Waals surface area contributed by atoms with Crippen molar-refractivity contribution < 1.29 is 9.90 Å². The molecule has 0 atom stereocenters. The molecule has 2 aromatic carbocycles. The number of carbonyl (C=O) groups is 1. The number of amides is 1. The maximum absolute atomic E-state index is 12.2. The van der Waals surface area contributed by atoms with E-state index in [0.29, 0.717) is 13.0 Å². The zero-order valence-electron chi connectivity index (χ0n) is 11.6. The maximum atomic E-state index is 12.2. The van der Waals surface area contributed by atoms with Crippen LogP contribution in [0.5, 0.6) is 0 Å². The molecule has 4 heteroatoms. The molecule has 0 spiro atoms. The number of benzene rings is 2. The zero-order valence-corrected chi connectivity index (χ0v) is 11.6. The van der Waals surface area contributed by atoms with E-state index in [2.05, 4.69) is 28.1 Å². The molecule has 0 unspecified atom stereocenters. The van der Waals surface area contributed by atoms with Gasteiger partial charge in [0.15, 0.2) is 0 Å². The molecule has 1 amide bonds. The second kappa shape index (κ2) is 4.60. The highest BCUT2D eigenvalue weighted by atomic mass is 16.3. The van der Waals surface area contributed by atoms with Crippen molar-refractivity contribution >= 4 is 27.7 Å². The third-order valence-corrected chi connectivity index (χ3v) is 4.23. The summed E-state index contributed by atoms with van der Waals surface area (Å²) < 4.78 is 2.20. The van der Waals surface area contributed by atoms with Crippen LogP contribution in [0.25, 0.3) is 21.8 Å². The lowest BCUT2D eigenvalue weighted by Crippen LogP contribution is -2.12. The van der Waals surface area contributed by atoms with Crippen molar-refractivity contribution in [3.8, 4) is 0 Å². The Hall–Kier alpha value is -2.33. The van der Waals surface area contributed by atoms with Crippen LogP contribution in [0.2, 0.25) is 0 Å². The predicted octanol–water partition coefficient (Wildman–Crippen LogP) is 2.42. The van der Waals surface area contributed by atoms with Gasteiger partial charge in [0.2, 0.25) is 0 Å². The number of hydrogen-bond acceptors (Lipinski definition) is 2. The highest BCUT2D eigenvalue weighted by Gasteiger charge is 2.24. The maximum Gasteiger partial charge on any atom is 0.252 e. The summed E-state index contributed by atoms with van der Waals surface area (Å²) in [6, 6.07) is 12.3. The largest absolute Gasteiger partial charge is 0.396 e. The van der Waals surface area contributed by atoms with Gasteiger partial charge >= 0.3 is 0 Å². The average molecular weight is 280 g/mol. The van der Waals surface area contributed by atoms with E-state index in [0.717, 1.165) is 39.5 Å². The number of rotatable bonds is 3. The Bertz CT molecular complexity index is 864. The van der Waals surface area contributed by atoms with Crippen LogP contribution in [0.15, 0.2) is 36.4 Å². The number of nitrogens with zero attached hydrogens (tertiary/aromatic N) is 1. The van der Waals surface area contributed by atoms with Crippen molar-refractivity contribution in [1.82, 2.24) is 9.88 Å². The Balaban J connectivity index is 2.12. The van der Waals surface area contributed by atoms with E-state index < -0.39 is 0 Å². The number of carbonyl (C=O) groups excluding carboxylic acids is 1. The highest BCUT2D eigenvalue weighted by molar-refractivity contribution is 6.19. The van der Waals surface area contributed by atoms with Crippen LogP contribution in [-0.2, 0) is 13.1 Å². The summed E-state index contributed by atoms with van der Waals surface area (Å²) in [5.41, 5.74) is 4.07. The average Bonchev–Trinajstić information content (AvgIpc) is 3.04. The van der Waals surface area contributed by atoms with Crippen molar-refractivity contribution in [3.63, 3.8) is 0 Å². The Labute approximate surface area is 122 Å². The fraction of sp³-hybridized carbons (Fsp3) is 0.235. The first kappa shape index (κ1) is 12.4. The second-order valence-electron chi connectivity index (χ2n) is 5.42. The minimum absolute atomic E-state index is 0.0145. The summed E-state index contributed by atoms with van der Waals surface area (Å²) in [7, 11) is 0. The van der Waals surface area contributed by atoms with Gasteiger partial charge in [0, 0.05) is 41.5 Å². The lowest BCUT2D eigenvalue weighted by atomic mass is 10.0. The van der Waals surface area contributed by atoms with E-state index in [-0.39, 0.29) is 12.5 Å². The Morgan fingerprint density at radius 1 is 1.14 bits per heavy atom. The molecular weight excluding hydrogens is 264 g/mol. The molecule has 0 saturated heterocycles. The van der Waals surface area contributed by atoms with Crippen LogP contribution in [0.3, 0.4) is 0 Å². The van der Waals surface area contributed by atoms with Crippen molar-refractivity contribution in [3.05, 3.63) is 47.5 Å². The fourth-order valence-electron chi connectivity index (χ4n) is 3.32. The molecule has 0 radical (unpaired) electrons. The summed E-state index contributed by atoms with van der Waals surface area (Å²) in [6.45, 7) is 1.53. The van der Waals surface area contributed by atoms with E-state index in [1.54, 1.807) is 0 Å². The lowest BCUT2D eigenvalue weighted by Gasteiger charge is -2.06. The van der Waals surface area contributed by atoms with Crippen molar-refractivity contribution in [2.45, 2.75) is 19.5 Å². The van der Waals surface area contributed by atoms with Gasteiger partial charge in [-0.2, -0.15) is 0 Å². The Morgan fingerprint density at radius 3 is 2.86 bits per heavy atom.